The van der Waals surface area contributed by atoms with Gasteiger partial charge in [-0.2, -0.15) is 5.10 Å². The number of benzene rings is 1. The van der Waals surface area contributed by atoms with Crippen molar-refractivity contribution in [3.63, 3.8) is 0 Å². The SMILES string of the molecule is CCN(Cc1ccccc1)C(=O)CNC(=NC)NC(C)Cc1c(C)nn(C)c1C.I. The summed E-state index contributed by atoms with van der Waals surface area (Å²) < 4.78 is 1.91. The minimum absolute atomic E-state index is 0. The standard InChI is InChI=1S/C22H34N6O.HI/c1-7-28(15-19-11-9-8-10-12-19)21(29)14-24-22(23-5)25-16(2)13-20-17(3)26-27(6)18(20)4;/h8-12,16H,7,13-15H2,1-6H3,(H2,23,24,25);1H. The number of hydrogen-bond acceptors (Lipinski definition) is 3. The number of carbonyl (C=O) groups is 1. The third-order valence-electron chi connectivity index (χ3n) is 5.13. The molecule has 1 aromatic heterocycles. The average Bonchev–Trinajstić information content (AvgIpc) is 2.95. The second-order valence-electron chi connectivity index (χ2n) is 7.34. The second kappa shape index (κ2) is 12.6. The first-order valence-corrected chi connectivity index (χ1v) is 10.1. The molecule has 2 N–H and O–H groups in total. The van der Waals surface area contributed by atoms with Gasteiger partial charge in [0.25, 0.3) is 0 Å². The van der Waals surface area contributed by atoms with E-state index in [0.717, 1.165) is 17.7 Å². The number of hydrogen-bond donors (Lipinski definition) is 2. The van der Waals surface area contributed by atoms with Crippen LogP contribution in [0.15, 0.2) is 35.3 Å². The highest BCUT2D eigenvalue weighted by atomic mass is 127. The number of amides is 1. The van der Waals surface area contributed by atoms with Crippen LogP contribution in [0, 0.1) is 13.8 Å². The Morgan fingerprint density at radius 2 is 1.93 bits per heavy atom. The Hall–Kier alpha value is -2.10. The summed E-state index contributed by atoms with van der Waals surface area (Å²) in [6.07, 6.45) is 0.843. The van der Waals surface area contributed by atoms with Gasteiger partial charge in [-0.15, -0.1) is 24.0 Å². The molecule has 0 aliphatic carbocycles. The zero-order valence-corrected chi connectivity index (χ0v) is 21.2. The van der Waals surface area contributed by atoms with Crippen LogP contribution in [-0.2, 0) is 24.8 Å². The van der Waals surface area contributed by atoms with Crippen LogP contribution in [-0.4, -0.2) is 52.7 Å². The molecular formula is C22H35IN6O. The fraction of sp³-hybridized carbons (Fsp3) is 0.500. The van der Waals surface area contributed by atoms with Crippen LogP contribution in [0.3, 0.4) is 0 Å². The molecule has 1 amide bonds. The molecule has 2 aromatic rings. The van der Waals surface area contributed by atoms with Crippen LogP contribution < -0.4 is 10.6 Å². The van der Waals surface area contributed by atoms with E-state index in [-0.39, 0.29) is 42.5 Å². The summed E-state index contributed by atoms with van der Waals surface area (Å²) in [5, 5.41) is 11.0. The first-order valence-electron chi connectivity index (χ1n) is 10.1. The number of guanidine groups is 1. The summed E-state index contributed by atoms with van der Waals surface area (Å²) >= 11 is 0. The summed E-state index contributed by atoms with van der Waals surface area (Å²) in [6.45, 7) is 9.70. The van der Waals surface area contributed by atoms with Gasteiger partial charge in [0.1, 0.15) is 0 Å². The number of halogens is 1. The largest absolute Gasteiger partial charge is 0.354 e. The zero-order chi connectivity index (χ0) is 21.4. The molecule has 0 fully saturated rings. The molecule has 0 bridgehead atoms. The van der Waals surface area contributed by atoms with Crippen molar-refractivity contribution >= 4 is 35.8 Å². The molecule has 8 heteroatoms. The lowest BCUT2D eigenvalue weighted by Crippen LogP contribution is -2.47. The maximum absolute atomic E-state index is 12.6. The highest BCUT2D eigenvalue weighted by Crippen LogP contribution is 2.14. The van der Waals surface area contributed by atoms with Gasteiger partial charge in [0.2, 0.25) is 5.91 Å². The summed E-state index contributed by atoms with van der Waals surface area (Å²) in [5.41, 5.74) is 4.60. The van der Waals surface area contributed by atoms with E-state index >= 15 is 0 Å². The number of aliphatic imine (C=N–C) groups is 1. The van der Waals surface area contributed by atoms with E-state index in [2.05, 4.69) is 34.6 Å². The van der Waals surface area contributed by atoms with Crippen LogP contribution in [0.4, 0.5) is 0 Å². The van der Waals surface area contributed by atoms with Crippen LogP contribution in [0.25, 0.3) is 0 Å². The van der Waals surface area contributed by atoms with E-state index < -0.39 is 0 Å². The third kappa shape index (κ3) is 7.30. The summed E-state index contributed by atoms with van der Waals surface area (Å²) in [6, 6.07) is 10.2. The number of rotatable bonds is 8. The summed E-state index contributed by atoms with van der Waals surface area (Å²) in [5.74, 6) is 0.673. The molecule has 1 heterocycles. The number of aromatic nitrogens is 2. The number of aryl methyl sites for hydroxylation is 2. The Bertz CT molecular complexity index is 834. The van der Waals surface area contributed by atoms with E-state index in [4.69, 9.17) is 0 Å². The molecule has 0 radical (unpaired) electrons. The van der Waals surface area contributed by atoms with Crippen molar-refractivity contribution < 1.29 is 4.79 Å². The monoisotopic (exact) mass is 526 g/mol. The van der Waals surface area contributed by atoms with Crippen molar-refractivity contribution in [1.82, 2.24) is 25.3 Å². The minimum atomic E-state index is 0. The van der Waals surface area contributed by atoms with Gasteiger partial charge in [-0.1, -0.05) is 30.3 Å². The van der Waals surface area contributed by atoms with Gasteiger partial charge >= 0.3 is 0 Å². The van der Waals surface area contributed by atoms with Crippen molar-refractivity contribution in [3.05, 3.63) is 52.8 Å². The van der Waals surface area contributed by atoms with E-state index in [0.29, 0.717) is 19.0 Å². The number of nitrogens with zero attached hydrogens (tertiary/aromatic N) is 4. The van der Waals surface area contributed by atoms with Crippen molar-refractivity contribution in [1.29, 1.82) is 0 Å². The van der Waals surface area contributed by atoms with Crippen molar-refractivity contribution in [3.8, 4) is 0 Å². The van der Waals surface area contributed by atoms with Crippen molar-refractivity contribution in [2.75, 3.05) is 20.1 Å². The topological polar surface area (TPSA) is 74.6 Å². The molecule has 7 nitrogen and oxygen atoms in total. The lowest BCUT2D eigenvalue weighted by molar-refractivity contribution is -0.130. The highest BCUT2D eigenvalue weighted by molar-refractivity contribution is 14.0. The lowest BCUT2D eigenvalue weighted by Gasteiger charge is -2.23. The van der Waals surface area contributed by atoms with Gasteiger partial charge in [0.15, 0.2) is 5.96 Å². The second-order valence-corrected chi connectivity index (χ2v) is 7.34. The Morgan fingerprint density at radius 3 is 2.47 bits per heavy atom. The molecule has 0 saturated heterocycles. The first-order chi connectivity index (χ1) is 13.8. The van der Waals surface area contributed by atoms with Crippen molar-refractivity contribution in [2.24, 2.45) is 12.0 Å². The van der Waals surface area contributed by atoms with Crippen LogP contribution in [0.5, 0.6) is 0 Å². The van der Waals surface area contributed by atoms with Crippen molar-refractivity contribution in [2.45, 2.75) is 46.7 Å². The smallest absolute Gasteiger partial charge is 0.242 e. The molecule has 0 spiro atoms. The number of carbonyl (C=O) groups excluding carboxylic acids is 1. The van der Waals surface area contributed by atoms with Gasteiger partial charge in [0.05, 0.1) is 12.2 Å². The molecule has 1 atom stereocenters. The molecule has 166 valence electrons. The Labute approximate surface area is 197 Å². The molecule has 0 saturated carbocycles. The van der Waals surface area contributed by atoms with E-state index in [9.17, 15) is 4.79 Å². The van der Waals surface area contributed by atoms with Crippen LogP contribution >= 0.6 is 24.0 Å². The quantitative estimate of drug-likeness (QED) is 0.315. The van der Waals surface area contributed by atoms with Gasteiger partial charge in [0, 0.05) is 38.9 Å². The maximum Gasteiger partial charge on any atom is 0.242 e. The number of nitrogens with one attached hydrogen (secondary N) is 2. The normalized spacial score (nSPS) is 12.1. The lowest BCUT2D eigenvalue weighted by atomic mass is 10.1. The van der Waals surface area contributed by atoms with Crippen LogP contribution in [0.2, 0.25) is 0 Å². The Morgan fingerprint density at radius 1 is 1.27 bits per heavy atom. The van der Waals surface area contributed by atoms with Gasteiger partial charge in [-0.25, -0.2) is 0 Å². The predicted molar refractivity (Wildman–Crippen MR) is 133 cm³/mol. The molecule has 1 unspecified atom stereocenters. The summed E-state index contributed by atoms with van der Waals surface area (Å²) in [4.78, 5) is 18.7. The molecule has 0 aliphatic heterocycles. The fourth-order valence-corrected chi connectivity index (χ4v) is 3.35. The average molecular weight is 526 g/mol. The molecule has 0 aliphatic rings. The van der Waals surface area contributed by atoms with Crippen LogP contribution in [0.1, 0.15) is 36.4 Å². The zero-order valence-electron chi connectivity index (χ0n) is 18.9. The van der Waals surface area contributed by atoms with Gasteiger partial charge < -0.3 is 15.5 Å². The molecular weight excluding hydrogens is 491 g/mol. The number of likely N-dealkylation sites (N-methyl/N-ethyl adjacent to an activating group) is 1. The van der Waals surface area contributed by atoms with E-state index in [1.165, 1.54) is 11.3 Å². The van der Waals surface area contributed by atoms with Gasteiger partial charge in [-0.05, 0) is 45.2 Å². The van der Waals surface area contributed by atoms with E-state index in [1.807, 2.05) is 60.8 Å². The molecule has 30 heavy (non-hydrogen) atoms. The molecule has 1 aromatic carbocycles. The highest BCUT2D eigenvalue weighted by Gasteiger charge is 2.16. The predicted octanol–water partition coefficient (Wildman–Crippen LogP) is 2.80. The molecule has 2 rings (SSSR count). The van der Waals surface area contributed by atoms with Gasteiger partial charge in [-0.3, -0.25) is 14.5 Å². The Balaban J connectivity index is 0.00000450. The maximum atomic E-state index is 12.6. The first kappa shape index (κ1) is 25.9. The summed E-state index contributed by atoms with van der Waals surface area (Å²) in [7, 11) is 3.68. The Kier molecular flexibility index (Phi) is 10.9. The minimum Gasteiger partial charge on any atom is -0.354 e. The van der Waals surface area contributed by atoms with E-state index in [1.54, 1.807) is 7.05 Å². The fourth-order valence-electron chi connectivity index (χ4n) is 3.35. The third-order valence-corrected chi connectivity index (χ3v) is 5.13.